The Hall–Kier alpha value is -4.73. The normalized spacial score (nSPS) is 12.0. The maximum atomic E-state index is 12.6. The van der Waals surface area contributed by atoms with Gasteiger partial charge in [0.2, 0.25) is 5.91 Å². The number of carboxylic acids is 1. The summed E-state index contributed by atoms with van der Waals surface area (Å²) in [5.41, 5.74) is 2.14. The topological polar surface area (TPSA) is 150 Å². The molecule has 0 saturated carbocycles. The lowest BCUT2D eigenvalue weighted by Gasteiger charge is -2.17. The lowest BCUT2D eigenvalue weighted by molar-refractivity contribution is -0.137. The largest absolute Gasteiger partial charge is 0.481 e. The number of aliphatic carboxylic acids is 1. The Labute approximate surface area is 208 Å². The van der Waals surface area contributed by atoms with E-state index in [0.29, 0.717) is 11.3 Å². The number of amides is 4. The van der Waals surface area contributed by atoms with Crippen molar-refractivity contribution in [3.05, 3.63) is 95.8 Å². The van der Waals surface area contributed by atoms with Crippen molar-refractivity contribution in [3.8, 4) is 0 Å². The summed E-state index contributed by atoms with van der Waals surface area (Å²) in [6, 6.07) is 17.6. The number of urea groups is 1. The smallest absolute Gasteiger partial charge is 0.319 e. The maximum absolute atomic E-state index is 12.6. The number of anilines is 1. The van der Waals surface area contributed by atoms with Gasteiger partial charge in [-0.2, -0.15) is 0 Å². The van der Waals surface area contributed by atoms with Crippen molar-refractivity contribution >= 4 is 29.5 Å². The number of carbonyl (C=O) groups excluding carboxylic acids is 3. The van der Waals surface area contributed by atoms with Crippen LogP contribution >= 0.6 is 0 Å². The van der Waals surface area contributed by atoms with Crippen molar-refractivity contribution in [3.63, 3.8) is 0 Å². The first kappa shape index (κ1) is 25.9. The molecular formula is C26H27N5O5. The van der Waals surface area contributed by atoms with Crippen molar-refractivity contribution in [2.24, 2.45) is 0 Å². The van der Waals surface area contributed by atoms with Gasteiger partial charge < -0.3 is 26.4 Å². The van der Waals surface area contributed by atoms with Crippen molar-refractivity contribution < 1.29 is 24.3 Å². The van der Waals surface area contributed by atoms with E-state index in [4.69, 9.17) is 5.11 Å². The minimum atomic E-state index is -1.08. The van der Waals surface area contributed by atoms with Crippen LogP contribution < -0.4 is 21.3 Å². The Bertz CT molecular complexity index is 1200. The monoisotopic (exact) mass is 489 g/mol. The summed E-state index contributed by atoms with van der Waals surface area (Å²) >= 11 is 0. The van der Waals surface area contributed by atoms with Crippen LogP contribution in [0.1, 0.15) is 46.9 Å². The fourth-order valence-corrected chi connectivity index (χ4v) is 3.44. The number of aromatic nitrogens is 1. The zero-order valence-corrected chi connectivity index (χ0v) is 19.6. The van der Waals surface area contributed by atoms with Crippen LogP contribution in [0.5, 0.6) is 0 Å². The van der Waals surface area contributed by atoms with Gasteiger partial charge in [-0.25, -0.2) is 4.79 Å². The summed E-state index contributed by atoms with van der Waals surface area (Å²) in [7, 11) is 0. The number of benzene rings is 2. The molecule has 3 rings (SSSR count). The molecule has 2 aromatic carbocycles. The fraction of sp³-hybridized carbons (Fsp3) is 0.192. The summed E-state index contributed by atoms with van der Waals surface area (Å²) in [6.45, 7) is 1.50. The molecule has 0 radical (unpaired) electrons. The van der Waals surface area contributed by atoms with Crippen LogP contribution in [0.15, 0.2) is 79.1 Å². The van der Waals surface area contributed by atoms with Gasteiger partial charge in [-0.15, -0.1) is 0 Å². The zero-order chi connectivity index (χ0) is 25.9. The average Bonchev–Trinajstić information content (AvgIpc) is 2.87. The molecule has 3 aromatic rings. The first-order valence-corrected chi connectivity index (χ1v) is 11.2. The highest BCUT2D eigenvalue weighted by Crippen LogP contribution is 2.16. The van der Waals surface area contributed by atoms with Gasteiger partial charge in [-0.3, -0.25) is 19.4 Å². The molecule has 2 atom stereocenters. The van der Waals surface area contributed by atoms with Crippen molar-refractivity contribution in [1.29, 1.82) is 0 Å². The van der Waals surface area contributed by atoms with Gasteiger partial charge in [0, 0.05) is 23.6 Å². The average molecular weight is 490 g/mol. The Morgan fingerprint density at radius 3 is 2.36 bits per heavy atom. The van der Waals surface area contributed by atoms with Gasteiger partial charge >= 0.3 is 12.0 Å². The number of carboxylic acid groups (broad SMARTS) is 1. The summed E-state index contributed by atoms with van der Waals surface area (Å²) in [5.74, 6) is -2.16. The Morgan fingerprint density at radius 2 is 1.67 bits per heavy atom. The summed E-state index contributed by atoms with van der Waals surface area (Å²) in [6.07, 6.45) is 2.69. The van der Waals surface area contributed by atoms with E-state index in [1.165, 1.54) is 12.3 Å². The number of carbonyl (C=O) groups is 4. The number of rotatable bonds is 10. The molecule has 10 nitrogen and oxygen atoms in total. The van der Waals surface area contributed by atoms with Crippen LogP contribution in [0, 0.1) is 0 Å². The second-order valence-electron chi connectivity index (χ2n) is 8.00. The SMILES string of the molecule is CC(NC(=O)Nc1cccc(C(=O)NCC(=O)NC(CC(=O)O)c2cccnc2)c1)c1ccccc1. The predicted molar refractivity (Wildman–Crippen MR) is 133 cm³/mol. The lowest BCUT2D eigenvalue weighted by atomic mass is 10.1. The minimum absolute atomic E-state index is 0.215. The molecule has 0 aliphatic carbocycles. The van der Waals surface area contributed by atoms with E-state index in [9.17, 15) is 19.2 Å². The van der Waals surface area contributed by atoms with Crippen molar-refractivity contribution in [2.75, 3.05) is 11.9 Å². The van der Waals surface area contributed by atoms with Gasteiger partial charge in [0.15, 0.2) is 0 Å². The van der Waals surface area contributed by atoms with Crippen molar-refractivity contribution in [1.82, 2.24) is 20.9 Å². The Kier molecular flexibility index (Phi) is 9.10. The number of pyridine rings is 1. The molecule has 1 heterocycles. The third-order valence-corrected chi connectivity index (χ3v) is 5.24. The van der Waals surface area contributed by atoms with E-state index >= 15 is 0 Å². The van der Waals surface area contributed by atoms with E-state index in [-0.39, 0.29) is 24.6 Å². The van der Waals surface area contributed by atoms with E-state index in [1.807, 2.05) is 37.3 Å². The maximum Gasteiger partial charge on any atom is 0.319 e. The van der Waals surface area contributed by atoms with Crippen LogP contribution in [0.3, 0.4) is 0 Å². The first-order chi connectivity index (χ1) is 17.3. The molecule has 10 heteroatoms. The van der Waals surface area contributed by atoms with Gasteiger partial charge in [0.1, 0.15) is 0 Å². The number of hydrogen-bond acceptors (Lipinski definition) is 5. The molecule has 36 heavy (non-hydrogen) atoms. The molecule has 0 saturated heterocycles. The molecule has 4 amide bonds. The van der Waals surface area contributed by atoms with Gasteiger partial charge in [-0.05, 0) is 42.3 Å². The molecule has 0 fully saturated rings. The highest BCUT2D eigenvalue weighted by Gasteiger charge is 2.19. The molecule has 0 aliphatic heterocycles. The molecular weight excluding hydrogens is 462 g/mol. The molecule has 0 spiro atoms. The fourth-order valence-electron chi connectivity index (χ4n) is 3.44. The molecule has 186 valence electrons. The van der Waals surface area contributed by atoms with Crippen molar-refractivity contribution in [2.45, 2.75) is 25.4 Å². The van der Waals surface area contributed by atoms with Crippen LogP contribution in [-0.4, -0.2) is 40.5 Å². The Balaban J connectivity index is 1.53. The van der Waals surface area contributed by atoms with Crippen LogP contribution in [-0.2, 0) is 9.59 Å². The third kappa shape index (κ3) is 7.94. The predicted octanol–water partition coefficient (Wildman–Crippen LogP) is 3.03. The lowest BCUT2D eigenvalue weighted by Crippen LogP contribution is -2.39. The summed E-state index contributed by atoms with van der Waals surface area (Å²) in [4.78, 5) is 52.4. The standard InChI is InChI=1S/C26H27N5O5/c1-17(18-7-3-2-4-8-18)29-26(36)30-21-11-5-9-19(13-21)25(35)28-16-23(32)31-22(14-24(33)34)20-10-6-12-27-15-20/h2-13,15,17,22H,14,16H2,1H3,(H,28,35)(H,31,32)(H,33,34)(H2,29,30,36). The highest BCUT2D eigenvalue weighted by atomic mass is 16.4. The van der Waals surface area contributed by atoms with E-state index in [0.717, 1.165) is 5.56 Å². The van der Waals surface area contributed by atoms with E-state index < -0.39 is 29.9 Å². The second-order valence-corrected chi connectivity index (χ2v) is 8.00. The van der Waals surface area contributed by atoms with E-state index in [1.54, 1.807) is 36.5 Å². The highest BCUT2D eigenvalue weighted by molar-refractivity contribution is 5.98. The van der Waals surface area contributed by atoms with Crippen LogP contribution in [0.25, 0.3) is 0 Å². The van der Waals surface area contributed by atoms with Crippen LogP contribution in [0.2, 0.25) is 0 Å². The van der Waals surface area contributed by atoms with Gasteiger partial charge in [0.25, 0.3) is 5.91 Å². The molecule has 0 aliphatic rings. The first-order valence-electron chi connectivity index (χ1n) is 11.2. The number of hydrogen-bond donors (Lipinski definition) is 5. The molecule has 1 aromatic heterocycles. The number of nitrogens with zero attached hydrogens (tertiary/aromatic N) is 1. The zero-order valence-electron chi connectivity index (χ0n) is 19.6. The van der Waals surface area contributed by atoms with Gasteiger partial charge in [0.05, 0.1) is 25.0 Å². The molecule has 5 N–H and O–H groups in total. The van der Waals surface area contributed by atoms with E-state index in [2.05, 4.69) is 26.3 Å². The third-order valence-electron chi connectivity index (χ3n) is 5.24. The second kappa shape index (κ2) is 12.7. The van der Waals surface area contributed by atoms with Gasteiger partial charge in [-0.1, -0.05) is 42.5 Å². The quantitative estimate of drug-likeness (QED) is 0.295. The van der Waals surface area contributed by atoms with Crippen LogP contribution in [0.4, 0.5) is 10.5 Å². The molecule has 2 unspecified atom stereocenters. The summed E-state index contributed by atoms with van der Waals surface area (Å²) < 4.78 is 0. The number of nitrogens with one attached hydrogen (secondary N) is 4. The Morgan fingerprint density at radius 1 is 0.917 bits per heavy atom. The molecule has 0 bridgehead atoms. The minimum Gasteiger partial charge on any atom is -0.481 e. The summed E-state index contributed by atoms with van der Waals surface area (Å²) in [5, 5.41) is 19.8.